The number of carbonyl (C=O) groups excluding carboxylic acids is 1. The molecular formula is C20H20N4O4. The first kappa shape index (κ1) is 19.1. The number of aromatic nitrogens is 3. The number of esters is 1. The van der Waals surface area contributed by atoms with Crippen LogP contribution in [0.2, 0.25) is 0 Å². The second-order valence-electron chi connectivity index (χ2n) is 5.75. The predicted octanol–water partition coefficient (Wildman–Crippen LogP) is 3.01. The number of benzene rings is 1. The first-order valence-corrected chi connectivity index (χ1v) is 8.49. The van der Waals surface area contributed by atoms with Gasteiger partial charge in [-0.2, -0.15) is 9.97 Å². The van der Waals surface area contributed by atoms with Gasteiger partial charge < -0.3 is 14.2 Å². The van der Waals surface area contributed by atoms with Crippen LogP contribution in [0.15, 0.2) is 54.7 Å². The fourth-order valence-corrected chi connectivity index (χ4v) is 2.47. The van der Waals surface area contributed by atoms with Crippen LogP contribution in [-0.4, -0.2) is 42.2 Å². The van der Waals surface area contributed by atoms with Crippen molar-refractivity contribution >= 4 is 17.7 Å². The van der Waals surface area contributed by atoms with Gasteiger partial charge in [-0.1, -0.05) is 30.3 Å². The van der Waals surface area contributed by atoms with E-state index >= 15 is 0 Å². The maximum atomic E-state index is 12.6. The van der Waals surface area contributed by atoms with Gasteiger partial charge in [-0.05, 0) is 17.7 Å². The number of methoxy groups -OCH3 is 2. The molecule has 8 heteroatoms. The van der Waals surface area contributed by atoms with Crippen molar-refractivity contribution in [3.05, 3.63) is 65.9 Å². The molecule has 2 aromatic heterocycles. The zero-order valence-corrected chi connectivity index (χ0v) is 15.8. The van der Waals surface area contributed by atoms with Crippen LogP contribution in [0.4, 0.5) is 11.8 Å². The highest BCUT2D eigenvalue weighted by Crippen LogP contribution is 2.26. The van der Waals surface area contributed by atoms with E-state index < -0.39 is 5.97 Å². The van der Waals surface area contributed by atoms with Gasteiger partial charge in [0.2, 0.25) is 17.7 Å². The van der Waals surface area contributed by atoms with Gasteiger partial charge in [0, 0.05) is 13.2 Å². The van der Waals surface area contributed by atoms with Crippen molar-refractivity contribution in [2.45, 2.75) is 6.61 Å². The van der Waals surface area contributed by atoms with Crippen molar-refractivity contribution in [1.29, 1.82) is 0 Å². The molecule has 144 valence electrons. The molecule has 3 rings (SSSR count). The molecule has 0 bridgehead atoms. The minimum absolute atomic E-state index is 0.168. The monoisotopic (exact) mass is 380 g/mol. The van der Waals surface area contributed by atoms with Crippen molar-refractivity contribution in [3.8, 4) is 11.8 Å². The summed E-state index contributed by atoms with van der Waals surface area (Å²) >= 11 is 0. The van der Waals surface area contributed by atoms with Crippen LogP contribution in [0.25, 0.3) is 0 Å². The zero-order chi connectivity index (χ0) is 19.9. The first-order chi connectivity index (χ1) is 13.6. The average Bonchev–Trinajstić information content (AvgIpc) is 2.77. The first-order valence-electron chi connectivity index (χ1n) is 8.49. The highest BCUT2D eigenvalue weighted by molar-refractivity contribution is 5.95. The van der Waals surface area contributed by atoms with E-state index in [2.05, 4.69) is 15.0 Å². The van der Waals surface area contributed by atoms with E-state index in [-0.39, 0.29) is 12.6 Å². The van der Waals surface area contributed by atoms with Gasteiger partial charge in [-0.3, -0.25) is 4.90 Å². The minimum Gasteiger partial charge on any atom is -0.481 e. The van der Waals surface area contributed by atoms with Crippen molar-refractivity contribution < 1.29 is 19.0 Å². The van der Waals surface area contributed by atoms with Crippen molar-refractivity contribution in [3.63, 3.8) is 0 Å². The molecule has 28 heavy (non-hydrogen) atoms. The number of carbonyl (C=O) groups is 1. The number of hydrogen-bond acceptors (Lipinski definition) is 8. The van der Waals surface area contributed by atoms with Crippen molar-refractivity contribution in [1.82, 2.24) is 15.0 Å². The maximum Gasteiger partial charge on any atom is 0.342 e. The van der Waals surface area contributed by atoms with Gasteiger partial charge in [-0.25, -0.2) is 9.78 Å². The second-order valence-corrected chi connectivity index (χ2v) is 5.75. The lowest BCUT2D eigenvalue weighted by Crippen LogP contribution is -2.19. The molecule has 0 aliphatic rings. The Labute approximate surface area is 162 Å². The van der Waals surface area contributed by atoms with Gasteiger partial charge in [-0.15, -0.1) is 0 Å². The number of hydrogen-bond donors (Lipinski definition) is 0. The quantitative estimate of drug-likeness (QED) is 0.578. The van der Waals surface area contributed by atoms with Crippen LogP contribution in [0.1, 0.15) is 15.9 Å². The fraction of sp³-hybridized carbons (Fsp3) is 0.200. The smallest absolute Gasteiger partial charge is 0.342 e. The number of pyridine rings is 1. The molecule has 8 nitrogen and oxygen atoms in total. The van der Waals surface area contributed by atoms with E-state index in [0.717, 1.165) is 5.56 Å². The lowest BCUT2D eigenvalue weighted by Gasteiger charge is -2.19. The van der Waals surface area contributed by atoms with E-state index in [9.17, 15) is 4.79 Å². The molecule has 0 N–H and O–H groups in total. The van der Waals surface area contributed by atoms with E-state index in [4.69, 9.17) is 14.2 Å². The van der Waals surface area contributed by atoms with Crippen LogP contribution in [0, 0.1) is 0 Å². The molecule has 0 atom stereocenters. The summed E-state index contributed by atoms with van der Waals surface area (Å²) in [5.41, 5.74) is 1.20. The fourth-order valence-electron chi connectivity index (χ4n) is 2.47. The van der Waals surface area contributed by atoms with Gasteiger partial charge in [0.1, 0.15) is 18.0 Å². The molecule has 0 amide bonds. The van der Waals surface area contributed by atoms with E-state index in [0.29, 0.717) is 23.1 Å². The standard InChI is InChI=1S/C20H20N4O4/c1-24(20-22-16(26-2)12-17(23-20)27-3)18-15(10-7-11-21-18)19(25)28-13-14-8-5-4-6-9-14/h4-12H,13H2,1-3H3. The zero-order valence-electron chi connectivity index (χ0n) is 15.8. The third kappa shape index (κ3) is 4.35. The molecule has 1 aromatic carbocycles. The summed E-state index contributed by atoms with van der Waals surface area (Å²) < 4.78 is 15.8. The number of anilines is 2. The lowest BCUT2D eigenvalue weighted by molar-refractivity contribution is 0.0473. The summed E-state index contributed by atoms with van der Waals surface area (Å²) in [6.07, 6.45) is 1.58. The molecule has 0 saturated heterocycles. The number of nitrogens with zero attached hydrogens (tertiary/aromatic N) is 4. The van der Waals surface area contributed by atoms with Crippen LogP contribution in [-0.2, 0) is 11.3 Å². The summed E-state index contributed by atoms with van der Waals surface area (Å²) in [6.45, 7) is 0.168. The Bertz CT molecular complexity index is 928. The molecule has 0 fully saturated rings. The number of rotatable bonds is 7. The highest BCUT2D eigenvalue weighted by Gasteiger charge is 2.20. The Morgan fingerprint density at radius 3 is 2.32 bits per heavy atom. The molecule has 3 aromatic rings. The van der Waals surface area contributed by atoms with E-state index in [1.165, 1.54) is 14.2 Å². The minimum atomic E-state index is -0.492. The SMILES string of the molecule is COc1cc(OC)nc(N(C)c2ncccc2C(=O)OCc2ccccc2)n1. The molecule has 0 unspecified atom stereocenters. The van der Waals surface area contributed by atoms with Crippen LogP contribution >= 0.6 is 0 Å². The number of ether oxygens (including phenoxy) is 3. The largest absolute Gasteiger partial charge is 0.481 e. The van der Waals surface area contributed by atoms with E-state index in [1.54, 1.807) is 36.3 Å². The normalized spacial score (nSPS) is 10.2. The summed E-state index contributed by atoms with van der Waals surface area (Å²) in [7, 11) is 4.70. The third-order valence-electron chi connectivity index (χ3n) is 3.92. The molecule has 0 saturated carbocycles. The lowest BCUT2D eigenvalue weighted by atomic mass is 10.2. The maximum absolute atomic E-state index is 12.6. The average molecular weight is 380 g/mol. The van der Waals surface area contributed by atoms with Crippen molar-refractivity contribution in [2.75, 3.05) is 26.2 Å². The van der Waals surface area contributed by atoms with Gasteiger partial charge >= 0.3 is 5.97 Å². The Kier molecular flexibility index (Phi) is 6.01. The van der Waals surface area contributed by atoms with Crippen molar-refractivity contribution in [2.24, 2.45) is 0 Å². The molecule has 2 heterocycles. The summed E-state index contributed by atoms with van der Waals surface area (Å²) in [5, 5.41) is 0. The Balaban J connectivity index is 1.86. The van der Waals surface area contributed by atoms with Crippen LogP contribution in [0.3, 0.4) is 0 Å². The van der Waals surface area contributed by atoms with Gasteiger partial charge in [0.05, 0.1) is 20.3 Å². The second kappa shape index (κ2) is 8.81. The summed E-state index contributed by atoms with van der Waals surface area (Å²) in [4.78, 5) is 27.1. The predicted molar refractivity (Wildman–Crippen MR) is 103 cm³/mol. The van der Waals surface area contributed by atoms with Gasteiger partial charge in [0.15, 0.2) is 0 Å². The molecular weight excluding hydrogens is 360 g/mol. The topological polar surface area (TPSA) is 86.7 Å². The Morgan fingerprint density at radius 2 is 1.68 bits per heavy atom. The van der Waals surface area contributed by atoms with Crippen LogP contribution in [0.5, 0.6) is 11.8 Å². The molecule has 0 aliphatic heterocycles. The molecule has 0 spiro atoms. The summed E-state index contributed by atoms with van der Waals surface area (Å²) in [6, 6.07) is 14.3. The third-order valence-corrected chi connectivity index (χ3v) is 3.92. The Hall–Kier alpha value is -3.68. The van der Waals surface area contributed by atoms with E-state index in [1.807, 2.05) is 30.3 Å². The highest BCUT2D eigenvalue weighted by atomic mass is 16.5. The summed E-state index contributed by atoms with van der Waals surface area (Å²) in [5.74, 6) is 0.798. The van der Waals surface area contributed by atoms with Crippen LogP contribution < -0.4 is 14.4 Å². The molecule has 0 radical (unpaired) electrons. The Morgan fingerprint density at radius 1 is 1.00 bits per heavy atom. The molecule has 0 aliphatic carbocycles. The van der Waals surface area contributed by atoms with Gasteiger partial charge in [0.25, 0.3) is 0 Å².